The van der Waals surface area contributed by atoms with Crippen molar-refractivity contribution in [2.75, 3.05) is 0 Å². The van der Waals surface area contributed by atoms with Crippen LogP contribution < -0.4 is 5.73 Å². The fourth-order valence-electron chi connectivity index (χ4n) is 2.69. The number of hydrogen-bond donors (Lipinski definition) is 1. The van der Waals surface area contributed by atoms with Gasteiger partial charge in [0.05, 0.1) is 5.69 Å². The molecular formula is C13H21F2N3. The first-order valence-electron chi connectivity index (χ1n) is 6.56. The lowest BCUT2D eigenvalue weighted by Crippen LogP contribution is -2.32. The van der Waals surface area contributed by atoms with E-state index in [0.29, 0.717) is 12.8 Å². The van der Waals surface area contributed by atoms with E-state index in [1.54, 1.807) is 0 Å². The van der Waals surface area contributed by atoms with Gasteiger partial charge in [0.2, 0.25) is 5.92 Å². The minimum atomic E-state index is -2.51. The van der Waals surface area contributed by atoms with Gasteiger partial charge in [0.1, 0.15) is 0 Å². The number of halogens is 2. The molecule has 0 radical (unpaired) electrons. The summed E-state index contributed by atoms with van der Waals surface area (Å²) in [6, 6.07) is 1.82. The second-order valence-corrected chi connectivity index (χ2v) is 5.33. The summed E-state index contributed by atoms with van der Waals surface area (Å²) in [6.45, 7) is 2.05. The second-order valence-electron chi connectivity index (χ2n) is 5.33. The maximum Gasteiger partial charge on any atom is 0.248 e. The molecule has 3 nitrogen and oxygen atoms in total. The average molecular weight is 257 g/mol. The van der Waals surface area contributed by atoms with Gasteiger partial charge in [-0.25, -0.2) is 8.78 Å². The molecule has 0 bridgehead atoms. The van der Waals surface area contributed by atoms with Crippen molar-refractivity contribution in [1.29, 1.82) is 0 Å². The van der Waals surface area contributed by atoms with E-state index in [-0.39, 0.29) is 24.8 Å². The number of nitrogens with zero attached hydrogens (tertiary/aromatic N) is 2. The summed E-state index contributed by atoms with van der Waals surface area (Å²) in [5.41, 5.74) is 8.14. The van der Waals surface area contributed by atoms with E-state index in [1.807, 2.05) is 24.7 Å². The van der Waals surface area contributed by atoms with Crippen molar-refractivity contribution in [2.45, 2.75) is 51.0 Å². The fourth-order valence-corrected chi connectivity index (χ4v) is 2.69. The molecule has 1 saturated carbocycles. The molecule has 2 atom stereocenters. The minimum Gasteiger partial charge on any atom is -0.327 e. The first-order valence-corrected chi connectivity index (χ1v) is 6.56. The fraction of sp³-hybridized carbons (Fsp3) is 0.769. The summed E-state index contributed by atoms with van der Waals surface area (Å²) < 4.78 is 28.1. The number of alkyl halides is 2. The van der Waals surface area contributed by atoms with E-state index < -0.39 is 5.92 Å². The highest BCUT2D eigenvalue weighted by Crippen LogP contribution is 2.40. The minimum absolute atomic E-state index is 0.0169. The molecule has 0 saturated heterocycles. The van der Waals surface area contributed by atoms with Gasteiger partial charge in [-0.05, 0) is 24.8 Å². The summed E-state index contributed by atoms with van der Waals surface area (Å²) in [5, 5.41) is 4.35. The van der Waals surface area contributed by atoms with E-state index in [9.17, 15) is 8.78 Å². The summed E-state index contributed by atoms with van der Waals surface area (Å²) in [6.07, 6.45) is 1.96. The maximum absolute atomic E-state index is 13.2. The van der Waals surface area contributed by atoms with Crippen molar-refractivity contribution in [3.8, 4) is 0 Å². The molecular weight excluding hydrogens is 236 g/mol. The second kappa shape index (κ2) is 4.96. The molecule has 1 aromatic rings. The average Bonchev–Trinajstić information content (AvgIpc) is 2.82. The Kier molecular flexibility index (Phi) is 3.71. The third-order valence-electron chi connectivity index (χ3n) is 3.88. The molecule has 1 aliphatic carbocycles. The first-order chi connectivity index (χ1) is 8.41. The summed E-state index contributed by atoms with van der Waals surface area (Å²) >= 11 is 0. The van der Waals surface area contributed by atoms with Crippen LogP contribution in [0, 0.1) is 5.92 Å². The molecule has 102 valence electrons. The Morgan fingerprint density at radius 3 is 2.83 bits per heavy atom. The Hall–Kier alpha value is -0.970. The number of aryl methyl sites for hydroxylation is 2. The van der Waals surface area contributed by atoms with Crippen LogP contribution in [0.1, 0.15) is 37.6 Å². The van der Waals surface area contributed by atoms with Crippen LogP contribution in [-0.2, 0) is 19.9 Å². The third kappa shape index (κ3) is 2.88. The number of nitrogens with two attached hydrogens (primary N) is 1. The Morgan fingerprint density at radius 2 is 2.33 bits per heavy atom. The molecule has 1 heterocycles. The molecule has 2 N–H and O–H groups in total. The predicted octanol–water partition coefficient (Wildman–Crippen LogP) is 2.29. The summed E-state index contributed by atoms with van der Waals surface area (Å²) in [7, 11) is 1.88. The molecule has 1 aliphatic rings. The van der Waals surface area contributed by atoms with E-state index in [2.05, 4.69) is 5.10 Å². The van der Waals surface area contributed by atoms with Gasteiger partial charge >= 0.3 is 0 Å². The zero-order valence-electron chi connectivity index (χ0n) is 11.0. The van der Waals surface area contributed by atoms with E-state index in [0.717, 1.165) is 17.8 Å². The SMILES string of the molecule is CCc1cc(CC(N)C2CCC(F)(F)C2)n(C)n1. The van der Waals surface area contributed by atoms with Crippen molar-refractivity contribution < 1.29 is 8.78 Å². The largest absolute Gasteiger partial charge is 0.327 e. The molecule has 1 aromatic heterocycles. The monoisotopic (exact) mass is 257 g/mol. The van der Waals surface area contributed by atoms with Crippen LogP contribution in [0.15, 0.2) is 6.07 Å². The van der Waals surface area contributed by atoms with Gasteiger partial charge in [0.15, 0.2) is 0 Å². The van der Waals surface area contributed by atoms with E-state index in [1.165, 1.54) is 0 Å². The lowest BCUT2D eigenvalue weighted by molar-refractivity contribution is 0.00391. The van der Waals surface area contributed by atoms with Crippen LogP contribution >= 0.6 is 0 Å². The number of aromatic nitrogens is 2. The van der Waals surface area contributed by atoms with Gasteiger partial charge in [0, 0.05) is 38.0 Å². The Labute approximate surface area is 106 Å². The van der Waals surface area contributed by atoms with Gasteiger partial charge in [-0.3, -0.25) is 4.68 Å². The molecule has 2 unspecified atom stereocenters. The van der Waals surface area contributed by atoms with Crippen molar-refractivity contribution in [1.82, 2.24) is 9.78 Å². The lowest BCUT2D eigenvalue weighted by Gasteiger charge is -2.19. The third-order valence-corrected chi connectivity index (χ3v) is 3.88. The molecule has 0 aromatic carbocycles. The summed E-state index contributed by atoms with van der Waals surface area (Å²) in [5.74, 6) is -2.58. The van der Waals surface area contributed by atoms with E-state index >= 15 is 0 Å². The van der Waals surface area contributed by atoms with Gasteiger partial charge in [-0.2, -0.15) is 5.10 Å². The van der Waals surface area contributed by atoms with Gasteiger partial charge in [0.25, 0.3) is 0 Å². The number of hydrogen-bond acceptors (Lipinski definition) is 2. The Bertz CT molecular complexity index is 414. The van der Waals surface area contributed by atoms with Crippen LogP contribution in [0.3, 0.4) is 0 Å². The van der Waals surface area contributed by atoms with Gasteiger partial charge in [-0.15, -0.1) is 0 Å². The molecule has 2 rings (SSSR count). The molecule has 0 aliphatic heterocycles. The predicted molar refractivity (Wildman–Crippen MR) is 66.6 cm³/mol. The molecule has 18 heavy (non-hydrogen) atoms. The highest BCUT2D eigenvalue weighted by Gasteiger charge is 2.41. The highest BCUT2D eigenvalue weighted by molar-refractivity contribution is 5.12. The molecule has 1 fully saturated rings. The quantitative estimate of drug-likeness (QED) is 0.899. The van der Waals surface area contributed by atoms with Crippen LogP contribution in [0.4, 0.5) is 8.78 Å². The van der Waals surface area contributed by atoms with Crippen molar-refractivity contribution in [3.05, 3.63) is 17.5 Å². The lowest BCUT2D eigenvalue weighted by atomic mass is 9.94. The number of rotatable bonds is 4. The first kappa shape index (κ1) is 13.5. The van der Waals surface area contributed by atoms with Crippen LogP contribution in [0.5, 0.6) is 0 Å². The smallest absolute Gasteiger partial charge is 0.248 e. The highest BCUT2D eigenvalue weighted by atomic mass is 19.3. The van der Waals surface area contributed by atoms with Gasteiger partial charge in [-0.1, -0.05) is 6.92 Å². The zero-order chi connectivity index (χ0) is 13.3. The van der Waals surface area contributed by atoms with Crippen LogP contribution in [0.2, 0.25) is 0 Å². The van der Waals surface area contributed by atoms with E-state index in [4.69, 9.17) is 5.73 Å². The Morgan fingerprint density at radius 1 is 1.61 bits per heavy atom. The molecule has 0 spiro atoms. The van der Waals surface area contributed by atoms with Crippen LogP contribution in [0.25, 0.3) is 0 Å². The van der Waals surface area contributed by atoms with Crippen molar-refractivity contribution in [3.63, 3.8) is 0 Å². The Balaban J connectivity index is 1.98. The zero-order valence-corrected chi connectivity index (χ0v) is 11.0. The topological polar surface area (TPSA) is 43.8 Å². The molecule has 5 heteroatoms. The van der Waals surface area contributed by atoms with Gasteiger partial charge < -0.3 is 5.73 Å². The normalized spacial score (nSPS) is 24.4. The van der Waals surface area contributed by atoms with Crippen molar-refractivity contribution in [2.24, 2.45) is 18.7 Å². The van der Waals surface area contributed by atoms with Crippen molar-refractivity contribution >= 4 is 0 Å². The van der Waals surface area contributed by atoms with Crippen LogP contribution in [-0.4, -0.2) is 21.7 Å². The summed E-state index contributed by atoms with van der Waals surface area (Å²) in [4.78, 5) is 0. The molecule has 0 amide bonds. The standard InChI is InChI=1S/C13H21F2N3/c1-3-10-6-11(18(2)17-10)7-12(16)9-4-5-13(14,15)8-9/h6,9,12H,3-5,7-8,16H2,1-2H3. The maximum atomic E-state index is 13.2.